The average Bonchev–Trinajstić information content (AvgIpc) is 2.46. The molecule has 2 nitrogen and oxygen atoms in total. The van der Waals surface area contributed by atoms with Gasteiger partial charge >= 0.3 is 0 Å². The van der Waals surface area contributed by atoms with Gasteiger partial charge in [0.2, 0.25) is 0 Å². The zero-order valence-electron chi connectivity index (χ0n) is 11.6. The normalized spacial score (nSPS) is 10.6. The number of hydrogen-bond acceptors (Lipinski definition) is 2. The first kappa shape index (κ1) is 13.6. The Labute approximate surface area is 114 Å². The first-order valence-corrected chi connectivity index (χ1v) is 6.85. The van der Waals surface area contributed by atoms with E-state index in [2.05, 4.69) is 6.92 Å². The minimum absolute atomic E-state index is 0.242. The Morgan fingerprint density at radius 1 is 1.05 bits per heavy atom. The minimum Gasteiger partial charge on any atom is -0.497 e. The largest absolute Gasteiger partial charge is 0.497 e. The number of hydrogen-bond donors (Lipinski definition) is 0. The molecule has 0 amide bonds. The monoisotopic (exact) mass is 256 g/mol. The van der Waals surface area contributed by atoms with Gasteiger partial charge in [-0.3, -0.25) is 4.79 Å². The van der Waals surface area contributed by atoms with E-state index in [-0.39, 0.29) is 5.78 Å². The van der Waals surface area contributed by atoms with Gasteiger partial charge in [0.1, 0.15) is 5.75 Å². The number of fused-ring (bicyclic) bond motifs is 1. The Hall–Kier alpha value is -1.83. The van der Waals surface area contributed by atoms with Crippen molar-refractivity contribution in [1.82, 2.24) is 0 Å². The molecule has 0 aliphatic rings. The minimum atomic E-state index is 0.242. The summed E-state index contributed by atoms with van der Waals surface area (Å²) in [6.07, 6.45) is 3.90. The maximum absolute atomic E-state index is 12.1. The molecule has 0 radical (unpaired) electrons. The van der Waals surface area contributed by atoms with E-state index < -0.39 is 0 Å². The molecule has 0 saturated heterocycles. The van der Waals surface area contributed by atoms with Gasteiger partial charge in [-0.2, -0.15) is 0 Å². The number of carbonyl (C=O) groups excluding carboxylic acids is 1. The zero-order chi connectivity index (χ0) is 13.7. The van der Waals surface area contributed by atoms with Gasteiger partial charge in [-0.1, -0.05) is 38.0 Å². The Kier molecular flexibility index (Phi) is 4.56. The molecule has 0 unspecified atom stereocenters. The molecular formula is C17H20O2. The summed E-state index contributed by atoms with van der Waals surface area (Å²) < 4.78 is 5.20. The first-order valence-electron chi connectivity index (χ1n) is 6.85. The van der Waals surface area contributed by atoms with Crippen LogP contribution in [0.1, 0.15) is 43.0 Å². The number of unbranched alkanes of at least 4 members (excludes halogenated alkanes) is 2. The number of Topliss-reactive ketones (excluding diaryl/α,β-unsaturated/α-hetero) is 1. The fourth-order valence-electron chi connectivity index (χ4n) is 2.20. The summed E-state index contributed by atoms with van der Waals surface area (Å²) in [7, 11) is 1.66. The van der Waals surface area contributed by atoms with E-state index in [1.165, 1.54) is 0 Å². The number of rotatable bonds is 6. The molecule has 0 spiro atoms. The summed E-state index contributed by atoms with van der Waals surface area (Å²) in [6, 6.07) is 11.8. The number of benzene rings is 2. The van der Waals surface area contributed by atoms with Gasteiger partial charge < -0.3 is 4.74 Å². The fraction of sp³-hybridized carbons (Fsp3) is 0.353. The van der Waals surface area contributed by atoms with Gasteiger partial charge in [0, 0.05) is 12.0 Å². The molecule has 2 aromatic rings. The fourth-order valence-corrected chi connectivity index (χ4v) is 2.20. The second-order valence-corrected chi connectivity index (χ2v) is 4.81. The van der Waals surface area contributed by atoms with Crippen LogP contribution >= 0.6 is 0 Å². The summed E-state index contributed by atoms with van der Waals surface area (Å²) in [5, 5.41) is 2.19. The maximum atomic E-state index is 12.1. The summed E-state index contributed by atoms with van der Waals surface area (Å²) in [4.78, 5) is 12.1. The predicted molar refractivity (Wildman–Crippen MR) is 79.0 cm³/mol. The third-order valence-electron chi connectivity index (χ3n) is 3.38. The van der Waals surface area contributed by atoms with Crippen molar-refractivity contribution < 1.29 is 9.53 Å². The maximum Gasteiger partial charge on any atom is 0.162 e. The van der Waals surface area contributed by atoms with E-state index in [1.54, 1.807) is 7.11 Å². The standard InChI is InChI=1S/C17H20O2/c1-3-4-5-6-17(18)15-8-7-14-12-16(19-2)10-9-13(14)11-15/h7-12H,3-6H2,1-2H3. The molecule has 19 heavy (non-hydrogen) atoms. The Morgan fingerprint density at radius 3 is 2.53 bits per heavy atom. The van der Waals surface area contributed by atoms with Crippen molar-refractivity contribution >= 4 is 16.6 Å². The van der Waals surface area contributed by atoms with Gasteiger partial charge in [-0.15, -0.1) is 0 Å². The molecule has 2 aromatic carbocycles. The number of methoxy groups -OCH3 is 1. The van der Waals surface area contributed by atoms with Crippen molar-refractivity contribution in [2.24, 2.45) is 0 Å². The smallest absolute Gasteiger partial charge is 0.162 e. The summed E-state index contributed by atoms with van der Waals surface area (Å²) in [6.45, 7) is 2.15. The second-order valence-electron chi connectivity index (χ2n) is 4.81. The van der Waals surface area contributed by atoms with Gasteiger partial charge in [0.25, 0.3) is 0 Å². The molecule has 0 N–H and O–H groups in total. The van der Waals surface area contributed by atoms with Crippen LogP contribution in [0.25, 0.3) is 10.8 Å². The zero-order valence-corrected chi connectivity index (χ0v) is 11.6. The van der Waals surface area contributed by atoms with Crippen LogP contribution < -0.4 is 4.74 Å². The molecule has 0 atom stereocenters. The highest BCUT2D eigenvalue weighted by Gasteiger charge is 2.06. The first-order chi connectivity index (χ1) is 9.24. The van der Waals surface area contributed by atoms with Crippen molar-refractivity contribution in [1.29, 1.82) is 0 Å². The van der Waals surface area contributed by atoms with E-state index in [1.807, 2.05) is 36.4 Å². The van der Waals surface area contributed by atoms with E-state index in [9.17, 15) is 4.79 Å². The van der Waals surface area contributed by atoms with E-state index >= 15 is 0 Å². The van der Waals surface area contributed by atoms with Crippen LogP contribution in [0.3, 0.4) is 0 Å². The molecule has 100 valence electrons. The van der Waals surface area contributed by atoms with Crippen molar-refractivity contribution in [3.8, 4) is 5.75 Å². The molecule has 2 rings (SSSR count). The van der Waals surface area contributed by atoms with Crippen LogP contribution in [-0.4, -0.2) is 12.9 Å². The van der Waals surface area contributed by atoms with Crippen LogP contribution in [0.5, 0.6) is 5.75 Å². The Bertz CT molecular complexity index is 572. The topological polar surface area (TPSA) is 26.3 Å². The Morgan fingerprint density at radius 2 is 1.79 bits per heavy atom. The van der Waals surface area contributed by atoms with Crippen molar-refractivity contribution in [2.45, 2.75) is 32.6 Å². The molecule has 0 fully saturated rings. The third-order valence-corrected chi connectivity index (χ3v) is 3.38. The predicted octanol–water partition coefficient (Wildman–Crippen LogP) is 4.61. The van der Waals surface area contributed by atoms with Crippen LogP contribution in [-0.2, 0) is 0 Å². The van der Waals surface area contributed by atoms with Gasteiger partial charge in [-0.05, 0) is 35.4 Å². The van der Waals surface area contributed by atoms with Crippen LogP contribution in [0, 0.1) is 0 Å². The lowest BCUT2D eigenvalue weighted by molar-refractivity contribution is 0.0979. The SMILES string of the molecule is CCCCCC(=O)c1ccc2cc(OC)ccc2c1. The number of carbonyl (C=O) groups is 1. The summed E-state index contributed by atoms with van der Waals surface area (Å²) in [5.74, 6) is 1.08. The lowest BCUT2D eigenvalue weighted by atomic mass is 10.0. The third kappa shape index (κ3) is 3.34. The van der Waals surface area contributed by atoms with Crippen molar-refractivity contribution in [3.63, 3.8) is 0 Å². The Balaban J connectivity index is 2.19. The number of ether oxygens (including phenoxy) is 1. The summed E-state index contributed by atoms with van der Waals surface area (Å²) >= 11 is 0. The lowest BCUT2D eigenvalue weighted by Gasteiger charge is -2.05. The van der Waals surface area contributed by atoms with Crippen LogP contribution in [0.2, 0.25) is 0 Å². The highest BCUT2D eigenvalue weighted by molar-refractivity contribution is 6.00. The molecule has 0 saturated carbocycles. The lowest BCUT2D eigenvalue weighted by Crippen LogP contribution is -1.98. The highest BCUT2D eigenvalue weighted by Crippen LogP contribution is 2.22. The van der Waals surface area contributed by atoms with E-state index in [0.29, 0.717) is 6.42 Å². The summed E-state index contributed by atoms with van der Waals surface area (Å²) in [5.41, 5.74) is 0.814. The molecule has 2 heteroatoms. The van der Waals surface area contributed by atoms with Crippen LogP contribution in [0.15, 0.2) is 36.4 Å². The number of ketones is 1. The van der Waals surface area contributed by atoms with Crippen LogP contribution in [0.4, 0.5) is 0 Å². The highest BCUT2D eigenvalue weighted by atomic mass is 16.5. The van der Waals surface area contributed by atoms with E-state index in [4.69, 9.17) is 4.74 Å². The van der Waals surface area contributed by atoms with Crippen molar-refractivity contribution in [2.75, 3.05) is 7.11 Å². The second kappa shape index (κ2) is 6.37. The molecule has 0 aromatic heterocycles. The molecular weight excluding hydrogens is 236 g/mol. The van der Waals surface area contributed by atoms with E-state index in [0.717, 1.165) is 41.3 Å². The van der Waals surface area contributed by atoms with Gasteiger partial charge in [-0.25, -0.2) is 0 Å². The molecule has 0 aliphatic carbocycles. The quantitative estimate of drug-likeness (QED) is 0.557. The van der Waals surface area contributed by atoms with Crippen molar-refractivity contribution in [3.05, 3.63) is 42.0 Å². The van der Waals surface area contributed by atoms with Gasteiger partial charge in [0.05, 0.1) is 7.11 Å². The molecule has 0 aliphatic heterocycles. The molecule has 0 heterocycles. The molecule has 0 bridgehead atoms. The van der Waals surface area contributed by atoms with Gasteiger partial charge in [0.15, 0.2) is 5.78 Å². The average molecular weight is 256 g/mol.